The molecule has 2 unspecified atom stereocenters. The van der Waals surface area contributed by atoms with Gasteiger partial charge in [-0.15, -0.1) is 0 Å². The van der Waals surface area contributed by atoms with E-state index in [4.69, 9.17) is 14.2 Å². The molecule has 0 heterocycles. The molecule has 0 aromatic heterocycles. The second kappa shape index (κ2) is 10.6. The maximum Gasteiger partial charge on any atom is 0.0707 e. The van der Waals surface area contributed by atoms with Crippen LogP contribution in [0.25, 0.3) is 0 Å². The maximum atomic E-state index is 6.36. The van der Waals surface area contributed by atoms with Gasteiger partial charge in [0.25, 0.3) is 0 Å². The summed E-state index contributed by atoms with van der Waals surface area (Å²) >= 11 is 0. The Balaban J connectivity index is 2.09. The molecule has 1 saturated carbocycles. The van der Waals surface area contributed by atoms with E-state index < -0.39 is 0 Å². The highest BCUT2D eigenvalue weighted by molar-refractivity contribution is 4.89. The van der Waals surface area contributed by atoms with Crippen LogP contribution < -0.4 is 0 Å². The normalized spacial score (nSPS) is 26.0. The van der Waals surface area contributed by atoms with Crippen molar-refractivity contribution in [2.75, 3.05) is 26.4 Å². The van der Waals surface area contributed by atoms with Gasteiger partial charge in [0.1, 0.15) is 0 Å². The van der Waals surface area contributed by atoms with Crippen molar-refractivity contribution >= 4 is 0 Å². The fourth-order valence-electron chi connectivity index (χ4n) is 3.38. The van der Waals surface area contributed by atoms with Crippen molar-refractivity contribution in [2.24, 2.45) is 11.8 Å². The van der Waals surface area contributed by atoms with Gasteiger partial charge in [-0.3, -0.25) is 0 Å². The molecule has 3 nitrogen and oxygen atoms in total. The van der Waals surface area contributed by atoms with Crippen molar-refractivity contribution < 1.29 is 14.2 Å². The van der Waals surface area contributed by atoms with E-state index >= 15 is 0 Å². The number of hydrogen-bond donors (Lipinski definition) is 0. The highest BCUT2D eigenvalue weighted by Crippen LogP contribution is 2.40. The van der Waals surface area contributed by atoms with Gasteiger partial charge >= 0.3 is 0 Å². The molecule has 2 atom stereocenters. The molecule has 0 N–H and O–H groups in total. The summed E-state index contributed by atoms with van der Waals surface area (Å²) in [5.41, 5.74) is 0.114. The van der Waals surface area contributed by atoms with Crippen LogP contribution in [0, 0.1) is 11.8 Å². The van der Waals surface area contributed by atoms with Gasteiger partial charge in [0.05, 0.1) is 11.7 Å². The van der Waals surface area contributed by atoms with Crippen molar-refractivity contribution in [3.8, 4) is 0 Å². The van der Waals surface area contributed by atoms with Crippen LogP contribution in [-0.4, -0.2) is 38.1 Å². The van der Waals surface area contributed by atoms with Gasteiger partial charge in [-0.1, -0.05) is 33.6 Å². The highest BCUT2D eigenvalue weighted by atomic mass is 16.5. The first-order chi connectivity index (χ1) is 10.5. The van der Waals surface area contributed by atoms with E-state index in [2.05, 4.69) is 34.6 Å². The SMILES string of the molecule is CC1CCCC(OCCCOCCCOC(C)C)(C(C)C)C1. The largest absolute Gasteiger partial charge is 0.381 e. The Morgan fingerprint density at radius 3 is 2.27 bits per heavy atom. The average Bonchev–Trinajstić information content (AvgIpc) is 2.45. The summed E-state index contributed by atoms with van der Waals surface area (Å²) in [7, 11) is 0. The standard InChI is InChI=1S/C19H38O3/c1-16(2)19(10-6-9-18(5)15-19)22-14-8-12-20-11-7-13-21-17(3)4/h16-18H,6-15H2,1-5H3. The molecule has 22 heavy (non-hydrogen) atoms. The average molecular weight is 315 g/mol. The Morgan fingerprint density at radius 1 is 1.00 bits per heavy atom. The Labute approximate surface area is 138 Å². The van der Waals surface area contributed by atoms with E-state index in [9.17, 15) is 0 Å². The molecule has 0 spiro atoms. The van der Waals surface area contributed by atoms with Crippen molar-refractivity contribution in [3.05, 3.63) is 0 Å². The molecule has 0 saturated heterocycles. The predicted octanol–water partition coefficient (Wildman–Crippen LogP) is 4.83. The van der Waals surface area contributed by atoms with Gasteiger partial charge in [0, 0.05) is 26.4 Å². The molecule has 1 aliphatic carbocycles. The fourth-order valence-corrected chi connectivity index (χ4v) is 3.38. The lowest BCUT2D eigenvalue weighted by Crippen LogP contribution is -2.43. The minimum atomic E-state index is 0.114. The van der Waals surface area contributed by atoms with E-state index in [-0.39, 0.29) is 5.60 Å². The molecule has 1 aliphatic rings. The van der Waals surface area contributed by atoms with E-state index in [1.807, 2.05) is 0 Å². The Morgan fingerprint density at radius 2 is 1.68 bits per heavy atom. The summed E-state index contributed by atoms with van der Waals surface area (Å²) in [6.07, 6.45) is 7.41. The lowest BCUT2D eigenvalue weighted by Gasteiger charge is -2.43. The topological polar surface area (TPSA) is 27.7 Å². The van der Waals surface area contributed by atoms with E-state index in [1.165, 1.54) is 25.7 Å². The van der Waals surface area contributed by atoms with Gasteiger partial charge in [-0.05, 0) is 51.4 Å². The van der Waals surface area contributed by atoms with E-state index in [0.717, 1.165) is 45.2 Å². The second-order valence-electron chi connectivity index (χ2n) is 7.51. The maximum absolute atomic E-state index is 6.36. The number of ether oxygens (including phenoxy) is 3. The van der Waals surface area contributed by atoms with Crippen LogP contribution in [0.1, 0.15) is 73.1 Å². The van der Waals surface area contributed by atoms with Gasteiger partial charge in [-0.25, -0.2) is 0 Å². The first-order valence-corrected chi connectivity index (χ1v) is 9.29. The molecule has 1 rings (SSSR count). The van der Waals surface area contributed by atoms with Crippen molar-refractivity contribution in [2.45, 2.75) is 84.8 Å². The van der Waals surface area contributed by atoms with Crippen molar-refractivity contribution in [1.82, 2.24) is 0 Å². The molecular weight excluding hydrogens is 276 g/mol. The first-order valence-electron chi connectivity index (χ1n) is 9.29. The third-order valence-electron chi connectivity index (χ3n) is 4.75. The van der Waals surface area contributed by atoms with Gasteiger partial charge in [-0.2, -0.15) is 0 Å². The molecule has 0 aromatic rings. The minimum Gasteiger partial charge on any atom is -0.381 e. The molecule has 3 heteroatoms. The lowest BCUT2D eigenvalue weighted by atomic mass is 9.73. The zero-order chi connectivity index (χ0) is 16.4. The van der Waals surface area contributed by atoms with Crippen LogP contribution in [0.2, 0.25) is 0 Å². The van der Waals surface area contributed by atoms with Gasteiger partial charge < -0.3 is 14.2 Å². The molecule has 0 aromatic carbocycles. The predicted molar refractivity (Wildman–Crippen MR) is 92.3 cm³/mol. The third kappa shape index (κ3) is 7.43. The van der Waals surface area contributed by atoms with Crippen molar-refractivity contribution in [3.63, 3.8) is 0 Å². The van der Waals surface area contributed by atoms with Gasteiger partial charge in [0.2, 0.25) is 0 Å². The van der Waals surface area contributed by atoms with Crippen LogP contribution in [0.15, 0.2) is 0 Å². The van der Waals surface area contributed by atoms with E-state index in [0.29, 0.717) is 12.0 Å². The van der Waals surface area contributed by atoms with Crippen LogP contribution >= 0.6 is 0 Å². The van der Waals surface area contributed by atoms with Crippen LogP contribution in [-0.2, 0) is 14.2 Å². The zero-order valence-electron chi connectivity index (χ0n) is 15.5. The summed E-state index contributed by atoms with van der Waals surface area (Å²) in [5.74, 6) is 1.40. The van der Waals surface area contributed by atoms with Crippen molar-refractivity contribution in [1.29, 1.82) is 0 Å². The van der Waals surface area contributed by atoms with Crippen LogP contribution in [0.4, 0.5) is 0 Å². The van der Waals surface area contributed by atoms with Gasteiger partial charge in [0.15, 0.2) is 0 Å². The van der Waals surface area contributed by atoms with Crippen LogP contribution in [0.5, 0.6) is 0 Å². The zero-order valence-corrected chi connectivity index (χ0v) is 15.5. The Kier molecular flexibility index (Phi) is 9.62. The summed E-state index contributed by atoms with van der Waals surface area (Å²) in [6, 6.07) is 0. The Bertz CT molecular complexity index is 278. The lowest BCUT2D eigenvalue weighted by molar-refractivity contribution is -0.115. The molecule has 132 valence electrons. The highest BCUT2D eigenvalue weighted by Gasteiger charge is 2.38. The number of hydrogen-bond acceptors (Lipinski definition) is 3. The molecule has 1 fully saturated rings. The quantitative estimate of drug-likeness (QED) is 0.511. The summed E-state index contributed by atoms with van der Waals surface area (Å²) < 4.78 is 17.5. The molecule has 0 amide bonds. The molecule has 0 radical (unpaired) electrons. The monoisotopic (exact) mass is 314 g/mol. The Hall–Kier alpha value is -0.120. The molecular formula is C19H38O3. The van der Waals surface area contributed by atoms with E-state index in [1.54, 1.807) is 0 Å². The first kappa shape index (κ1) is 19.9. The summed E-state index contributed by atoms with van der Waals surface area (Å²) in [5, 5.41) is 0. The molecule has 0 aliphatic heterocycles. The summed E-state index contributed by atoms with van der Waals surface area (Å²) in [6.45, 7) is 14.3. The third-order valence-corrected chi connectivity index (χ3v) is 4.75. The number of rotatable bonds is 11. The minimum absolute atomic E-state index is 0.114. The second-order valence-corrected chi connectivity index (χ2v) is 7.51. The van der Waals surface area contributed by atoms with Crippen LogP contribution in [0.3, 0.4) is 0 Å². The fraction of sp³-hybridized carbons (Fsp3) is 1.00. The molecule has 0 bridgehead atoms. The smallest absolute Gasteiger partial charge is 0.0707 e. The summed E-state index contributed by atoms with van der Waals surface area (Å²) in [4.78, 5) is 0.